The van der Waals surface area contributed by atoms with Gasteiger partial charge >= 0.3 is 0 Å². The lowest BCUT2D eigenvalue weighted by atomic mass is 9.73. The summed E-state index contributed by atoms with van der Waals surface area (Å²) in [5.41, 5.74) is 0.489. The first-order valence-corrected chi connectivity index (χ1v) is 9.89. The van der Waals surface area contributed by atoms with Gasteiger partial charge in [-0.15, -0.1) is 24.0 Å². The van der Waals surface area contributed by atoms with Crippen LogP contribution >= 0.6 is 24.0 Å². The van der Waals surface area contributed by atoms with Gasteiger partial charge in [-0.25, -0.2) is 4.99 Å². The highest BCUT2D eigenvalue weighted by atomic mass is 127. The van der Waals surface area contributed by atoms with E-state index in [2.05, 4.69) is 15.2 Å². The number of nitrogens with zero attached hydrogens (tertiary/aromatic N) is 3. The molecule has 0 aromatic rings. The second-order valence-corrected chi connectivity index (χ2v) is 8.27. The van der Waals surface area contributed by atoms with Crippen LogP contribution in [0.15, 0.2) is 4.99 Å². The molecule has 0 aromatic carbocycles. The SMILES string of the molecule is CN(C)C(=O)CN=C(NCC1CCOC1)N1CCC2(CCCCC2)C1.I. The van der Waals surface area contributed by atoms with Gasteiger partial charge in [-0.3, -0.25) is 4.79 Å². The zero-order valence-electron chi connectivity index (χ0n) is 16.3. The Labute approximate surface area is 175 Å². The lowest BCUT2D eigenvalue weighted by Gasteiger charge is -2.33. The second-order valence-electron chi connectivity index (χ2n) is 8.27. The maximum atomic E-state index is 12.0. The summed E-state index contributed by atoms with van der Waals surface area (Å²) in [7, 11) is 3.57. The number of carbonyl (C=O) groups is 1. The summed E-state index contributed by atoms with van der Waals surface area (Å²) < 4.78 is 5.48. The molecule has 1 aliphatic carbocycles. The average Bonchev–Trinajstić information content (AvgIpc) is 3.26. The number of aliphatic imine (C=N–C) groups is 1. The maximum Gasteiger partial charge on any atom is 0.243 e. The van der Waals surface area contributed by atoms with E-state index in [1.807, 2.05) is 0 Å². The quantitative estimate of drug-likeness (QED) is 0.383. The third kappa shape index (κ3) is 5.71. The highest BCUT2D eigenvalue weighted by Crippen LogP contribution is 2.43. The van der Waals surface area contributed by atoms with Crippen LogP contribution in [0.25, 0.3) is 0 Å². The Hall–Kier alpha value is -0.570. The van der Waals surface area contributed by atoms with Crippen LogP contribution in [0.5, 0.6) is 0 Å². The van der Waals surface area contributed by atoms with Crippen LogP contribution < -0.4 is 5.32 Å². The summed E-state index contributed by atoms with van der Waals surface area (Å²) in [5, 5.41) is 3.55. The van der Waals surface area contributed by atoms with E-state index in [-0.39, 0.29) is 36.4 Å². The minimum atomic E-state index is 0. The summed E-state index contributed by atoms with van der Waals surface area (Å²) in [5.74, 6) is 1.53. The molecule has 2 aliphatic heterocycles. The molecule has 7 heteroatoms. The molecular weight excluding hydrogens is 443 g/mol. The van der Waals surface area contributed by atoms with Gasteiger partial charge in [0.1, 0.15) is 6.54 Å². The lowest BCUT2D eigenvalue weighted by molar-refractivity contribution is -0.127. The number of likely N-dealkylation sites (N-methyl/N-ethyl adjacent to an activating group) is 1. The summed E-state index contributed by atoms with van der Waals surface area (Å²) >= 11 is 0. The molecule has 3 fully saturated rings. The zero-order chi connectivity index (χ0) is 17.7. The van der Waals surface area contributed by atoms with Crippen LogP contribution in [0.1, 0.15) is 44.9 Å². The molecule has 3 rings (SSSR count). The van der Waals surface area contributed by atoms with Gasteiger partial charge < -0.3 is 19.9 Å². The van der Waals surface area contributed by atoms with Gasteiger partial charge in [-0.1, -0.05) is 19.3 Å². The van der Waals surface area contributed by atoms with Crippen LogP contribution in [0.2, 0.25) is 0 Å². The van der Waals surface area contributed by atoms with Gasteiger partial charge in [-0.05, 0) is 31.1 Å². The predicted molar refractivity (Wildman–Crippen MR) is 115 cm³/mol. The Kier molecular flexibility index (Phi) is 8.44. The third-order valence-electron chi connectivity index (χ3n) is 6.09. The van der Waals surface area contributed by atoms with E-state index in [0.717, 1.165) is 45.2 Å². The van der Waals surface area contributed by atoms with E-state index in [9.17, 15) is 4.79 Å². The number of carbonyl (C=O) groups excluding carboxylic acids is 1. The minimum absolute atomic E-state index is 0. The van der Waals surface area contributed by atoms with E-state index in [4.69, 9.17) is 4.74 Å². The van der Waals surface area contributed by atoms with Crippen molar-refractivity contribution in [2.45, 2.75) is 44.9 Å². The molecule has 150 valence electrons. The van der Waals surface area contributed by atoms with E-state index in [0.29, 0.717) is 11.3 Å². The van der Waals surface area contributed by atoms with Crippen LogP contribution in [-0.4, -0.2) is 75.2 Å². The van der Waals surface area contributed by atoms with Crippen molar-refractivity contribution in [2.24, 2.45) is 16.3 Å². The lowest BCUT2D eigenvalue weighted by Crippen LogP contribution is -2.44. The van der Waals surface area contributed by atoms with Crippen LogP contribution in [-0.2, 0) is 9.53 Å². The van der Waals surface area contributed by atoms with Crippen molar-refractivity contribution in [3.05, 3.63) is 0 Å². The van der Waals surface area contributed by atoms with Crippen molar-refractivity contribution in [1.29, 1.82) is 0 Å². The molecule has 1 atom stereocenters. The average molecular weight is 478 g/mol. The van der Waals surface area contributed by atoms with Crippen molar-refractivity contribution in [1.82, 2.24) is 15.1 Å². The van der Waals surface area contributed by atoms with Gasteiger partial charge in [0.25, 0.3) is 0 Å². The molecule has 1 unspecified atom stereocenters. The summed E-state index contributed by atoms with van der Waals surface area (Å²) in [6.45, 7) is 4.96. The number of likely N-dealkylation sites (tertiary alicyclic amines) is 1. The molecule has 26 heavy (non-hydrogen) atoms. The van der Waals surface area contributed by atoms with Crippen molar-refractivity contribution >= 4 is 35.8 Å². The standard InChI is InChI=1S/C19H34N4O2.HI/c1-22(2)17(24)13-21-18(20-12-16-6-11-25-14-16)23-10-9-19(15-23)7-4-3-5-8-19;/h16H,3-15H2,1-2H3,(H,20,21);1H. The summed E-state index contributed by atoms with van der Waals surface area (Å²) in [6.07, 6.45) is 9.20. The molecule has 2 heterocycles. The first-order chi connectivity index (χ1) is 12.1. The molecule has 2 saturated heterocycles. The Morgan fingerprint density at radius 1 is 1.27 bits per heavy atom. The monoisotopic (exact) mass is 478 g/mol. The summed E-state index contributed by atoms with van der Waals surface area (Å²) in [4.78, 5) is 20.6. The zero-order valence-corrected chi connectivity index (χ0v) is 18.7. The molecular formula is C19H35IN4O2. The first kappa shape index (κ1) is 21.7. The number of ether oxygens (including phenoxy) is 1. The highest BCUT2D eigenvalue weighted by molar-refractivity contribution is 14.0. The number of amides is 1. The van der Waals surface area contributed by atoms with E-state index < -0.39 is 0 Å². The smallest absolute Gasteiger partial charge is 0.243 e. The number of rotatable bonds is 4. The molecule has 1 N–H and O–H groups in total. The number of guanidine groups is 1. The topological polar surface area (TPSA) is 57.2 Å². The van der Waals surface area contributed by atoms with E-state index in [1.165, 1.54) is 38.5 Å². The fraction of sp³-hybridized carbons (Fsp3) is 0.895. The Morgan fingerprint density at radius 2 is 2.04 bits per heavy atom. The van der Waals surface area contributed by atoms with Crippen molar-refractivity contribution in [2.75, 3.05) is 53.5 Å². The van der Waals surface area contributed by atoms with Crippen LogP contribution in [0.3, 0.4) is 0 Å². The summed E-state index contributed by atoms with van der Waals surface area (Å²) in [6, 6.07) is 0. The van der Waals surface area contributed by atoms with E-state index >= 15 is 0 Å². The van der Waals surface area contributed by atoms with Gasteiger partial charge in [0.05, 0.1) is 6.61 Å². The van der Waals surface area contributed by atoms with E-state index in [1.54, 1.807) is 19.0 Å². The van der Waals surface area contributed by atoms with Crippen LogP contribution in [0, 0.1) is 11.3 Å². The molecule has 0 bridgehead atoms. The van der Waals surface area contributed by atoms with Gasteiger partial charge in [0.2, 0.25) is 5.91 Å². The fourth-order valence-corrected chi connectivity index (χ4v) is 4.36. The number of halogens is 1. The van der Waals surface area contributed by atoms with Crippen molar-refractivity contribution in [3.8, 4) is 0 Å². The van der Waals surface area contributed by atoms with Gasteiger partial charge in [-0.2, -0.15) is 0 Å². The molecule has 1 saturated carbocycles. The first-order valence-electron chi connectivity index (χ1n) is 9.89. The normalized spacial score (nSPS) is 25.2. The number of hydrogen-bond donors (Lipinski definition) is 1. The molecule has 0 aromatic heterocycles. The Morgan fingerprint density at radius 3 is 2.69 bits per heavy atom. The predicted octanol–water partition coefficient (Wildman–Crippen LogP) is 2.33. The maximum absolute atomic E-state index is 12.0. The molecule has 0 radical (unpaired) electrons. The van der Waals surface area contributed by atoms with Gasteiger partial charge in [0, 0.05) is 46.3 Å². The minimum Gasteiger partial charge on any atom is -0.381 e. The fourth-order valence-electron chi connectivity index (χ4n) is 4.36. The van der Waals surface area contributed by atoms with Gasteiger partial charge in [0.15, 0.2) is 5.96 Å². The Balaban J connectivity index is 0.00000243. The molecule has 6 nitrogen and oxygen atoms in total. The molecule has 1 amide bonds. The molecule has 3 aliphatic rings. The van der Waals surface area contributed by atoms with Crippen molar-refractivity contribution < 1.29 is 9.53 Å². The Bertz CT molecular complexity index is 486. The number of hydrogen-bond acceptors (Lipinski definition) is 3. The molecule has 1 spiro atoms. The highest BCUT2D eigenvalue weighted by Gasteiger charge is 2.40. The van der Waals surface area contributed by atoms with Crippen molar-refractivity contribution in [3.63, 3.8) is 0 Å². The third-order valence-corrected chi connectivity index (χ3v) is 6.09. The second kappa shape index (κ2) is 10.1. The van der Waals surface area contributed by atoms with Crippen LogP contribution in [0.4, 0.5) is 0 Å². The largest absolute Gasteiger partial charge is 0.381 e. The number of nitrogens with one attached hydrogen (secondary N) is 1.